The first-order valence-electron chi connectivity index (χ1n) is 11.8. The molecule has 0 saturated carbocycles. The minimum atomic E-state index is -0.450. The van der Waals surface area contributed by atoms with E-state index in [-0.39, 0.29) is 67.5 Å². The van der Waals surface area contributed by atoms with Crippen molar-refractivity contribution < 1.29 is 38.9 Å². The number of hydrogen-bond acceptors (Lipinski definition) is 8. The number of halogens is 2. The van der Waals surface area contributed by atoms with Crippen LogP contribution < -0.4 is 9.47 Å². The van der Waals surface area contributed by atoms with Gasteiger partial charge in [-0.15, -0.1) is 0 Å². The lowest BCUT2D eigenvalue weighted by molar-refractivity contribution is 0.0973. The van der Waals surface area contributed by atoms with Gasteiger partial charge in [0.2, 0.25) is 0 Å². The van der Waals surface area contributed by atoms with Crippen LogP contribution in [0.25, 0.3) is 0 Å². The van der Waals surface area contributed by atoms with Crippen LogP contribution in [0.5, 0.6) is 23.0 Å². The Morgan fingerprint density at radius 2 is 0.775 bits per heavy atom. The molecule has 8 nitrogen and oxygen atoms in total. The lowest BCUT2D eigenvalue weighted by Crippen LogP contribution is -2.22. The van der Waals surface area contributed by atoms with Crippen molar-refractivity contribution in [1.29, 1.82) is 0 Å². The van der Waals surface area contributed by atoms with Crippen molar-refractivity contribution in [1.82, 2.24) is 0 Å². The van der Waals surface area contributed by atoms with Crippen molar-refractivity contribution in [2.45, 2.75) is 0 Å². The van der Waals surface area contributed by atoms with Gasteiger partial charge in [-0.05, 0) is 56.1 Å². The first kappa shape index (κ1) is 27.3. The number of hydrogen-bond donors (Lipinski definition) is 2. The molecule has 6 rings (SSSR count). The van der Waals surface area contributed by atoms with Crippen molar-refractivity contribution >= 4 is 55.0 Å². The molecule has 0 spiro atoms. The highest BCUT2D eigenvalue weighted by Crippen LogP contribution is 2.39. The van der Waals surface area contributed by atoms with E-state index in [1.807, 2.05) is 0 Å². The molecule has 0 unspecified atom stereocenters. The van der Waals surface area contributed by atoms with E-state index >= 15 is 0 Å². The van der Waals surface area contributed by atoms with Crippen LogP contribution in [0.2, 0.25) is 0 Å². The fourth-order valence-corrected chi connectivity index (χ4v) is 5.20. The number of rotatable bonds is 4. The summed E-state index contributed by atoms with van der Waals surface area (Å²) in [5, 5.41) is 19.4. The summed E-state index contributed by atoms with van der Waals surface area (Å²) in [5.41, 5.74) is 1.96. The number of carbonyl (C=O) groups is 4. The quantitative estimate of drug-likeness (QED) is 0.179. The molecule has 0 aromatic heterocycles. The first-order valence-corrected chi connectivity index (χ1v) is 14.0. The van der Waals surface area contributed by atoms with Crippen LogP contribution in [0.4, 0.5) is 0 Å². The molecule has 2 N–H and O–H groups in total. The normalized spacial score (nSPS) is 12.8. The van der Waals surface area contributed by atoms with Crippen LogP contribution in [0, 0.1) is 0 Å². The van der Waals surface area contributed by atoms with E-state index in [1.54, 1.807) is 48.5 Å². The predicted molar refractivity (Wildman–Crippen MR) is 152 cm³/mol. The molecular weight excluding hydrogens is 648 g/mol. The molecule has 2 aliphatic carbocycles. The second-order valence-electron chi connectivity index (χ2n) is 8.58. The molecule has 0 saturated heterocycles. The molecule has 4 aromatic rings. The van der Waals surface area contributed by atoms with Gasteiger partial charge in [0.1, 0.15) is 34.0 Å². The Morgan fingerprint density at radius 1 is 0.475 bits per heavy atom. The summed E-state index contributed by atoms with van der Waals surface area (Å²) < 4.78 is 10.9. The SMILES string of the molecule is O=C1c2ccccc2C(=O)c2c(O)ccc(O)c21.O=C1c2ccccc2C(=O)c2c(OCBr)ccc(OCBr)c21. The molecule has 200 valence electrons. The zero-order chi connectivity index (χ0) is 28.6. The second-order valence-corrected chi connectivity index (χ2v) is 9.50. The molecule has 0 fully saturated rings. The summed E-state index contributed by atoms with van der Waals surface area (Å²) in [5.74, 6) is -1.24. The van der Waals surface area contributed by atoms with E-state index in [9.17, 15) is 29.4 Å². The highest BCUT2D eigenvalue weighted by molar-refractivity contribution is 9.09. The number of phenols is 2. The number of fused-ring (bicyclic) bond motifs is 4. The lowest BCUT2D eigenvalue weighted by Gasteiger charge is -2.22. The minimum Gasteiger partial charge on any atom is -0.507 e. The Morgan fingerprint density at radius 3 is 1.07 bits per heavy atom. The van der Waals surface area contributed by atoms with Gasteiger partial charge in [0, 0.05) is 22.3 Å². The summed E-state index contributed by atoms with van der Waals surface area (Å²) in [6.07, 6.45) is 0. The van der Waals surface area contributed by atoms with Gasteiger partial charge in [-0.1, -0.05) is 48.5 Å². The Hall–Kier alpha value is -4.28. The molecule has 0 aliphatic heterocycles. The third kappa shape index (κ3) is 4.48. The third-order valence-electron chi connectivity index (χ3n) is 6.45. The molecular formula is C30H18Br2O8. The fraction of sp³-hybridized carbons (Fsp3) is 0.0667. The summed E-state index contributed by atoms with van der Waals surface area (Å²) in [7, 11) is 0. The van der Waals surface area contributed by atoms with Crippen molar-refractivity contribution in [3.8, 4) is 23.0 Å². The van der Waals surface area contributed by atoms with Crippen LogP contribution in [0.15, 0.2) is 72.8 Å². The van der Waals surface area contributed by atoms with Gasteiger partial charge < -0.3 is 19.7 Å². The van der Waals surface area contributed by atoms with Crippen molar-refractivity contribution in [3.63, 3.8) is 0 Å². The maximum atomic E-state index is 12.8. The minimum absolute atomic E-state index is 0.126. The van der Waals surface area contributed by atoms with E-state index in [2.05, 4.69) is 31.9 Å². The first-order chi connectivity index (χ1) is 19.3. The Labute approximate surface area is 244 Å². The second kappa shape index (κ2) is 11.1. The molecule has 2 aliphatic rings. The fourth-order valence-electron chi connectivity index (χ4n) is 4.71. The van der Waals surface area contributed by atoms with E-state index < -0.39 is 11.6 Å². The summed E-state index contributed by atoms with van der Waals surface area (Å²) in [6, 6.07) is 18.8. The molecule has 0 atom stereocenters. The zero-order valence-electron chi connectivity index (χ0n) is 20.4. The average molecular weight is 666 g/mol. The molecule has 10 heteroatoms. The topological polar surface area (TPSA) is 127 Å². The van der Waals surface area contributed by atoms with Crippen LogP contribution in [-0.4, -0.2) is 44.4 Å². The summed E-state index contributed by atoms with van der Waals surface area (Å²) in [4.78, 5) is 50.0. The number of carbonyl (C=O) groups excluding carboxylic acids is 4. The average Bonchev–Trinajstić information content (AvgIpc) is 2.97. The lowest BCUT2D eigenvalue weighted by atomic mass is 9.83. The van der Waals surface area contributed by atoms with Crippen molar-refractivity contribution in [2.75, 3.05) is 11.0 Å². The van der Waals surface area contributed by atoms with Gasteiger partial charge in [-0.2, -0.15) is 0 Å². The highest BCUT2D eigenvalue weighted by Gasteiger charge is 2.35. The number of ether oxygens (including phenoxy) is 2. The van der Waals surface area contributed by atoms with Gasteiger partial charge in [0.05, 0.1) is 22.3 Å². The number of benzene rings is 4. The maximum absolute atomic E-state index is 12.8. The Balaban J connectivity index is 0.000000164. The van der Waals surface area contributed by atoms with E-state index in [0.29, 0.717) is 22.6 Å². The van der Waals surface area contributed by atoms with Gasteiger partial charge in [0.25, 0.3) is 0 Å². The van der Waals surface area contributed by atoms with Gasteiger partial charge in [-0.25, -0.2) is 0 Å². The smallest absolute Gasteiger partial charge is 0.198 e. The molecule has 4 aromatic carbocycles. The summed E-state index contributed by atoms with van der Waals surface area (Å²) in [6.45, 7) is 0. The zero-order valence-corrected chi connectivity index (χ0v) is 23.6. The Kier molecular flexibility index (Phi) is 7.55. The van der Waals surface area contributed by atoms with E-state index in [4.69, 9.17) is 9.47 Å². The van der Waals surface area contributed by atoms with Crippen LogP contribution in [0.1, 0.15) is 63.7 Å². The van der Waals surface area contributed by atoms with E-state index in [0.717, 1.165) is 0 Å². The van der Waals surface area contributed by atoms with Gasteiger partial charge >= 0.3 is 0 Å². The van der Waals surface area contributed by atoms with Crippen molar-refractivity contribution in [2.24, 2.45) is 0 Å². The van der Waals surface area contributed by atoms with Crippen molar-refractivity contribution in [3.05, 3.63) is 117 Å². The third-order valence-corrected chi connectivity index (χ3v) is 6.91. The molecule has 40 heavy (non-hydrogen) atoms. The molecule has 0 bridgehead atoms. The Bertz CT molecular complexity index is 1600. The predicted octanol–water partition coefficient (Wildman–Crippen LogP) is 5.80. The summed E-state index contributed by atoms with van der Waals surface area (Å²) >= 11 is 6.35. The van der Waals surface area contributed by atoms with Gasteiger partial charge in [-0.3, -0.25) is 19.2 Å². The number of phenolic OH excluding ortho intramolecular Hbond substituents is 2. The van der Waals surface area contributed by atoms with Crippen LogP contribution >= 0.6 is 31.9 Å². The molecule has 0 heterocycles. The standard InChI is InChI=1S/C16H10Br2O4.C14H8O4/c17-7-21-11-5-6-12(22-8-18)14-13(11)15(19)9-3-1-2-4-10(9)16(14)20;15-9-5-6-10(16)12-11(9)13(17)7-3-1-2-4-8(7)14(12)18/h1-6H,7-8H2;1-6,15-16H. The molecule has 0 radical (unpaired) electrons. The largest absolute Gasteiger partial charge is 0.507 e. The molecule has 0 amide bonds. The number of aromatic hydroxyl groups is 2. The highest BCUT2D eigenvalue weighted by atomic mass is 79.9. The monoisotopic (exact) mass is 664 g/mol. The van der Waals surface area contributed by atoms with E-state index in [1.165, 1.54) is 24.3 Å². The number of ketones is 4. The van der Waals surface area contributed by atoms with Crippen LogP contribution in [-0.2, 0) is 0 Å². The van der Waals surface area contributed by atoms with Crippen LogP contribution in [0.3, 0.4) is 0 Å². The van der Waals surface area contributed by atoms with Gasteiger partial charge in [0.15, 0.2) is 23.1 Å². The maximum Gasteiger partial charge on any atom is 0.198 e. The number of alkyl halides is 2.